The van der Waals surface area contributed by atoms with Crippen molar-refractivity contribution in [2.75, 3.05) is 12.3 Å². The van der Waals surface area contributed by atoms with Crippen molar-refractivity contribution in [1.29, 1.82) is 0 Å². The van der Waals surface area contributed by atoms with Crippen LogP contribution >= 0.6 is 11.8 Å². The summed E-state index contributed by atoms with van der Waals surface area (Å²) >= 11 is 1.89. The Kier molecular flexibility index (Phi) is 3.64. The Morgan fingerprint density at radius 3 is 2.89 bits per heavy atom. The third-order valence-electron chi connectivity index (χ3n) is 3.98. The quantitative estimate of drug-likeness (QED) is 0.889. The second-order valence-corrected chi connectivity index (χ2v) is 6.37. The van der Waals surface area contributed by atoms with Gasteiger partial charge in [0.2, 0.25) is 0 Å². The molecule has 0 unspecified atom stereocenters. The molecule has 0 amide bonds. The largest absolute Gasteiger partial charge is 0.467 e. The first-order valence-corrected chi connectivity index (χ1v) is 7.78. The molecule has 2 heterocycles. The number of nitrogens with zero attached hydrogens (tertiary/aromatic N) is 1. The fourth-order valence-electron chi connectivity index (χ4n) is 2.84. The van der Waals surface area contributed by atoms with Crippen molar-refractivity contribution in [3.05, 3.63) is 24.2 Å². The topological polar surface area (TPSA) is 37.5 Å². The number of furan rings is 1. The lowest BCUT2D eigenvalue weighted by atomic mass is 9.75. The van der Waals surface area contributed by atoms with E-state index >= 15 is 0 Å². The SMILES string of the molecule is c1coc(CNC2=NCC3(CCCCC3)CS2)c1. The number of aliphatic imine (C=N–C) groups is 1. The third-order valence-corrected chi connectivity index (χ3v) is 5.28. The second kappa shape index (κ2) is 5.39. The van der Waals surface area contributed by atoms with Crippen LogP contribution in [0.5, 0.6) is 0 Å². The average molecular weight is 264 g/mol. The molecule has 0 saturated heterocycles. The lowest BCUT2D eigenvalue weighted by Gasteiger charge is -2.38. The van der Waals surface area contributed by atoms with Gasteiger partial charge in [-0.15, -0.1) is 0 Å². The van der Waals surface area contributed by atoms with Crippen LogP contribution in [0.4, 0.5) is 0 Å². The van der Waals surface area contributed by atoms with Crippen molar-refractivity contribution in [3.8, 4) is 0 Å². The van der Waals surface area contributed by atoms with E-state index in [-0.39, 0.29) is 0 Å². The predicted octanol–water partition coefficient (Wildman–Crippen LogP) is 3.42. The molecule has 1 saturated carbocycles. The standard InChI is InChI=1S/C14H20N2OS/c1-2-6-14(7-3-1)10-16-13(18-11-14)15-9-12-5-4-8-17-12/h4-5,8H,1-3,6-7,9-11H2,(H,15,16). The zero-order valence-corrected chi connectivity index (χ0v) is 11.5. The maximum absolute atomic E-state index is 5.31. The van der Waals surface area contributed by atoms with Gasteiger partial charge in [-0.05, 0) is 30.4 Å². The van der Waals surface area contributed by atoms with Crippen LogP contribution in [0.1, 0.15) is 37.9 Å². The van der Waals surface area contributed by atoms with Gasteiger partial charge in [0.1, 0.15) is 5.76 Å². The molecular formula is C14H20N2OS. The van der Waals surface area contributed by atoms with E-state index in [9.17, 15) is 0 Å². The van der Waals surface area contributed by atoms with E-state index in [4.69, 9.17) is 9.41 Å². The number of amidine groups is 1. The summed E-state index contributed by atoms with van der Waals surface area (Å²) < 4.78 is 5.31. The van der Waals surface area contributed by atoms with Gasteiger partial charge in [-0.2, -0.15) is 0 Å². The summed E-state index contributed by atoms with van der Waals surface area (Å²) in [6.45, 7) is 1.76. The molecular weight excluding hydrogens is 244 g/mol. The van der Waals surface area contributed by atoms with E-state index in [0.29, 0.717) is 5.41 Å². The molecule has 1 N–H and O–H groups in total. The van der Waals surface area contributed by atoms with E-state index in [1.165, 1.54) is 37.9 Å². The molecule has 0 bridgehead atoms. The molecule has 0 atom stereocenters. The predicted molar refractivity (Wildman–Crippen MR) is 75.8 cm³/mol. The van der Waals surface area contributed by atoms with E-state index in [2.05, 4.69) is 5.32 Å². The molecule has 0 radical (unpaired) electrons. The summed E-state index contributed by atoms with van der Waals surface area (Å²) in [6.07, 6.45) is 8.66. The lowest BCUT2D eigenvalue weighted by molar-refractivity contribution is 0.232. The van der Waals surface area contributed by atoms with Gasteiger partial charge in [0.15, 0.2) is 5.17 Å². The highest BCUT2D eigenvalue weighted by molar-refractivity contribution is 8.13. The fraction of sp³-hybridized carbons (Fsp3) is 0.643. The minimum Gasteiger partial charge on any atom is -0.467 e. The van der Waals surface area contributed by atoms with Gasteiger partial charge < -0.3 is 9.73 Å². The summed E-state index contributed by atoms with van der Waals surface area (Å²) in [4.78, 5) is 4.73. The summed E-state index contributed by atoms with van der Waals surface area (Å²) in [5.41, 5.74) is 0.513. The number of hydrogen-bond donors (Lipinski definition) is 1. The van der Waals surface area contributed by atoms with Gasteiger partial charge in [-0.3, -0.25) is 4.99 Å². The van der Waals surface area contributed by atoms with Crippen molar-refractivity contribution < 1.29 is 4.42 Å². The second-order valence-electron chi connectivity index (χ2n) is 5.40. The Balaban J connectivity index is 1.53. The number of thioether (sulfide) groups is 1. The van der Waals surface area contributed by atoms with Crippen LogP contribution in [-0.2, 0) is 6.54 Å². The van der Waals surface area contributed by atoms with Gasteiger partial charge in [-0.1, -0.05) is 31.0 Å². The molecule has 0 aromatic carbocycles. The van der Waals surface area contributed by atoms with Crippen LogP contribution in [-0.4, -0.2) is 17.5 Å². The molecule has 98 valence electrons. The Hall–Kier alpha value is -0.900. The smallest absolute Gasteiger partial charge is 0.156 e. The maximum atomic E-state index is 5.31. The van der Waals surface area contributed by atoms with Crippen molar-refractivity contribution in [3.63, 3.8) is 0 Å². The van der Waals surface area contributed by atoms with E-state index < -0.39 is 0 Å². The Morgan fingerprint density at radius 1 is 1.33 bits per heavy atom. The van der Waals surface area contributed by atoms with Gasteiger partial charge in [-0.25, -0.2) is 0 Å². The minimum atomic E-state index is 0.513. The van der Waals surface area contributed by atoms with E-state index in [0.717, 1.165) is 24.0 Å². The molecule has 18 heavy (non-hydrogen) atoms. The highest BCUT2D eigenvalue weighted by Gasteiger charge is 2.34. The van der Waals surface area contributed by atoms with E-state index in [1.807, 2.05) is 23.9 Å². The van der Waals surface area contributed by atoms with Crippen LogP contribution < -0.4 is 5.32 Å². The molecule has 3 nitrogen and oxygen atoms in total. The van der Waals surface area contributed by atoms with Gasteiger partial charge in [0, 0.05) is 12.3 Å². The Labute approximate surface area is 112 Å². The number of rotatable bonds is 2. The first-order chi connectivity index (χ1) is 8.86. The van der Waals surface area contributed by atoms with Crippen molar-refractivity contribution in [1.82, 2.24) is 5.32 Å². The third kappa shape index (κ3) is 2.74. The fourth-order valence-corrected chi connectivity index (χ4v) is 3.99. The lowest BCUT2D eigenvalue weighted by Crippen LogP contribution is -2.36. The molecule has 1 aromatic heterocycles. The van der Waals surface area contributed by atoms with Crippen molar-refractivity contribution >= 4 is 16.9 Å². The number of nitrogens with one attached hydrogen (secondary N) is 1. The van der Waals surface area contributed by atoms with Crippen LogP contribution in [0.25, 0.3) is 0 Å². The molecule has 1 aliphatic heterocycles. The normalized spacial score (nSPS) is 22.8. The monoisotopic (exact) mass is 264 g/mol. The summed E-state index contributed by atoms with van der Waals surface area (Å²) in [5.74, 6) is 2.20. The first-order valence-electron chi connectivity index (χ1n) is 6.80. The Morgan fingerprint density at radius 2 is 2.22 bits per heavy atom. The van der Waals surface area contributed by atoms with Crippen molar-refractivity contribution in [2.24, 2.45) is 10.4 Å². The number of hydrogen-bond acceptors (Lipinski definition) is 4. The maximum Gasteiger partial charge on any atom is 0.156 e. The molecule has 4 heteroatoms. The zero-order chi connectivity index (χ0) is 12.3. The highest BCUT2D eigenvalue weighted by atomic mass is 32.2. The highest BCUT2D eigenvalue weighted by Crippen LogP contribution is 2.41. The average Bonchev–Trinajstić information content (AvgIpc) is 2.93. The van der Waals surface area contributed by atoms with Crippen molar-refractivity contribution in [2.45, 2.75) is 38.6 Å². The Bertz CT molecular complexity index is 407. The van der Waals surface area contributed by atoms with E-state index in [1.54, 1.807) is 6.26 Å². The molecule has 1 fully saturated rings. The summed E-state index contributed by atoms with van der Waals surface area (Å²) in [5, 5.41) is 4.45. The first kappa shape index (κ1) is 12.2. The minimum absolute atomic E-state index is 0.513. The van der Waals surface area contributed by atoms with Crippen LogP contribution in [0.3, 0.4) is 0 Å². The molecule has 2 aliphatic rings. The molecule has 1 spiro atoms. The summed E-state index contributed by atoms with van der Waals surface area (Å²) in [7, 11) is 0. The molecule has 1 aromatic rings. The van der Waals surface area contributed by atoms with Crippen LogP contribution in [0.15, 0.2) is 27.8 Å². The van der Waals surface area contributed by atoms with Crippen LogP contribution in [0.2, 0.25) is 0 Å². The zero-order valence-electron chi connectivity index (χ0n) is 10.7. The van der Waals surface area contributed by atoms with Gasteiger partial charge in [0.05, 0.1) is 12.8 Å². The van der Waals surface area contributed by atoms with Gasteiger partial charge >= 0.3 is 0 Å². The van der Waals surface area contributed by atoms with Gasteiger partial charge in [0.25, 0.3) is 0 Å². The molecule has 1 aliphatic carbocycles. The summed E-state index contributed by atoms with van der Waals surface area (Å²) in [6, 6.07) is 3.91. The molecule has 3 rings (SSSR count). The van der Waals surface area contributed by atoms with Crippen LogP contribution in [0, 0.1) is 5.41 Å².